The molecule has 0 spiro atoms. The summed E-state index contributed by atoms with van der Waals surface area (Å²) < 4.78 is 5.90. The molecule has 6 nitrogen and oxygen atoms in total. The van der Waals surface area contributed by atoms with Gasteiger partial charge in [-0.2, -0.15) is 0 Å². The second-order valence-electron chi connectivity index (χ2n) is 17.2. The largest absolute Gasteiger partial charge is 0.462 e. The Kier molecular flexibility index (Phi) is 44.6. The first kappa shape index (κ1) is 56.1. The minimum absolute atomic E-state index is 0.0568. The average Bonchev–Trinajstić information content (AvgIpc) is 3.22. The number of esters is 1. The quantitative estimate of drug-likeness (QED) is 0.0323. The standard InChI is InChI=1S/C52H97NO5/c1-4-7-10-13-16-19-21-22-23-24-25-26-27-28-30-33-36-39-42-45-52(57)58-48(43-40-37-34-32-29-20-17-14-11-8-5-2)46-51(56)53-49(47-54)50(55)44-41-38-35-31-18-15-12-9-6-3/h16,19,22-23,32,34,48-50,54-55H,4-15,17-18,20-21,24-31,33,35-47H2,1-3H3,(H,53,56)/b19-16-,23-22-,34-32-. The van der Waals surface area contributed by atoms with Gasteiger partial charge in [0.05, 0.1) is 25.2 Å². The fraction of sp³-hybridized carbons (Fsp3) is 0.846. The van der Waals surface area contributed by atoms with Crippen LogP contribution in [0.2, 0.25) is 0 Å². The van der Waals surface area contributed by atoms with Crippen molar-refractivity contribution in [3.05, 3.63) is 36.5 Å². The molecule has 58 heavy (non-hydrogen) atoms. The fourth-order valence-corrected chi connectivity index (χ4v) is 7.58. The number of aliphatic hydroxyl groups is 2. The molecule has 0 saturated carbocycles. The minimum Gasteiger partial charge on any atom is -0.462 e. The van der Waals surface area contributed by atoms with E-state index in [1.54, 1.807) is 0 Å². The van der Waals surface area contributed by atoms with Gasteiger partial charge in [0, 0.05) is 6.42 Å². The zero-order chi connectivity index (χ0) is 42.4. The van der Waals surface area contributed by atoms with Gasteiger partial charge in [0.2, 0.25) is 5.91 Å². The van der Waals surface area contributed by atoms with Crippen molar-refractivity contribution in [2.24, 2.45) is 0 Å². The van der Waals surface area contributed by atoms with Crippen LogP contribution in [0.3, 0.4) is 0 Å². The highest BCUT2D eigenvalue weighted by molar-refractivity contribution is 5.77. The van der Waals surface area contributed by atoms with Crippen molar-refractivity contribution >= 4 is 11.9 Å². The molecule has 0 radical (unpaired) electrons. The summed E-state index contributed by atoms with van der Waals surface area (Å²) in [5.41, 5.74) is 0. The molecule has 0 saturated heterocycles. The molecule has 3 unspecified atom stereocenters. The summed E-state index contributed by atoms with van der Waals surface area (Å²) in [6.45, 7) is 6.42. The van der Waals surface area contributed by atoms with Gasteiger partial charge in [0.25, 0.3) is 0 Å². The molecule has 6 heteroatoms. The third-order valence-corrected chi connectivity index (χ3v) is 11.4. The van der Waals surface area contributed by atoms with Crippen LogP contribution in [0, 0.1) is 0 Å². The smallest absolute Gasteiger partial charge is 0.306 e. The number of nitrogens with one attached hydrogen (secondary N) is 1. The predicted octanol–water partition coefficient (Wildman–Crippen LogP) is 14.9. The summed E-state index contributed by atoms with van der Waals surface area (Å²) in [5, 5.41) is 23.6. The fourth-order valence-electron chi connectivity index (χ4n) is 7.58. The third-order valence-electron chi connectivity index (χ3n) is 11.4. The molecular formula is C52H97NO5. The number of allylic oxidation sites excluding steroid dienone is 6. The van der Waals surface area contributed by atoms with Crippen LogP contribution in [0.1, 0.15) is 258 Å². The van der Waals surface area contributed by atoms with Gasteiger partial charge in [0.15, 0.2) is 0 Å². The lowest BCUT2D eigenvalue weighted by atomic mass is 10.0. The molecule has 3 atom stereocenters. The first-order chi connectivity index (χ1) is 28.5. The molecule has 0 aliphatic rings. The first-order valence-corrected chi connectivity index (χ1v) is 25.2. The van der Waals surface area contributed by atoms with Crippen LogP contribution in [0.25, 0.3) is 0 Å². The molecule has 0 fully saturated rings. The zero-order valence-corrected chi connectivity index (χ0v) is 38.7. The number of amides is 1. The molecule has 0 aromatic heterocycles. The summed E-state index contributed by atoms with van der Waals surface area (Å²) in [5.74, 6) is -0.503. The van der Waals surface area contributed by atoms with E-state index in [4.69, 9.17) is 4.74 Å². The molecule has 340 valence electrons. The van der Waals surface area contributed by atoms with Crippen molar-refractivity contribution in [3.63, 3.8) is 0 Å². The van der Waals surface area contributed by atoms with Crippen LogP contribution in [0.5, 0.6) is 0 Å². The van der Waals surface area contributed by atoms with Gasteiger partial charge in [0.1, 0.15) is 6.10 Å². The van der Waals surface area contributed by atoms with Crippen molar-refractivity contribution in [2.75, 3.05) is 6.61 Å². The van der Waals surface area contributed by atoms with E-state index in [0.29, 0.717) is 19.3 Å². The van der Waals surface area contributed by atoms with Gasteiger partial charge >= 0.3 is 5.97 Å². The summed E-state index contributed by atoms with van der Waals surface area (Å²) >= 11 is 0. The number of rotatable bonds is 45. The number of hydrogen-bond acceptors (Lipinski definition) is 5. The van der Waals surface area contributed by atoms with Crippen molar-refractivity contribution in [1.82, 2.24) is 5.32 Å². The molecular weight excluding hydrogens is 719 g/mol. The van der Waals surface area contributed by atoms with Crippen LogP contribution in [0.15, 0.2) is 36.5 Å². The maximum absolute atomic E-state index is 13.1. The van der Waals surface area contributed by atoms with E-state index >= 15 is 0 Å². The Morgan fingerprint density at radius 2 is 0.897 bits per heavy atom. The van der Waals surface area contributed by atoms with Crippen LogP contribution < -0.4 is 5.32 Å². The molecule has 0 aliphatic carbocycles. The van der Waals surface area contributed by atoms with Crippen LogP contribution >= 0.6 is 0 Å². The Morgan fingerprint density at radius 3 is 1.40 bits per heavy atom. The molecule has 1 amide bonds. The molecule has 0 aliphatic heterocycles. The number of carbonyl (C=O) groups excluding carboxylic acids is 2. The van der Waals surface area contributed by atoms with Crippen molar-refractivity contribution in [3.8, 4) is 0 Å². The normalized spacial score (nSPS) is 13.5. The Morgan fingerprint density at radius 1 is 0.500 bits per heavy atom. The third kappa shape index (κ3) is 40.8. The van der Waals surface area contributed by atoms with Gasteiger partial charge in [-0.15, -0.1) is 0 Å². The molecule has 0 aromatic carbocycles. The highest BCUT2D eigenvalue weighted by atomic mass is 16.5. The highest BCUT2D eigenvalue weighted by Crippen LogP contribution is 2.17. The van der Waals surface area contributed by atoms with Crippen LogP contribution in [-0.2, 0) is 14.3 Å². The Labute approximate surface area is 360 Å². The van der Waals surface area contributed by atoms with Crippen LogP contribution in [-0.4, -0.2) is 46.9 Å². The highest BCUT2D eigenvalue weighted by Gasteiger charge is 2.24. The Hall–Kier alpha value is -1.92. The van der Waals surface area contributed by atoms with E-state index in [-0.39, 0.29) is 24.9 Å². The molecule has 0 aromatic rings. The van der Waals surface area contributed by atoms with E-state index in [9.17, 15) is 19.8 Å². The Balaban J connectivity index is 4.50. The second-order valence-corrected chi connectivity index (χ2v) is 17.2. The molecule has 0 heterocycles. The zero-order valence-electron chi connectivity index (χ0n) is 38.7. The summed E-state index contributed by atoms with van der Waals surface area (Å²) in [7, 11) is 0. The van der Waals surface area contributed by atoms with Gasteiger partial charge in [-0.1, -0.05) is 205 Å². The summed E-state index contributed by atoms with van der Waals surface area (Å²) in [6, 6.07) is -0.706. The van der Waals surface area contributed by atoms with E-state index in [0.717, 1.165) is 64.2 Å². The monoisotopic (exact) mass is 816 g/mol. The SMILES string of the molecule is CCCCC/C=C\C/C=C\CCCCCCCCCCCC(=O)OC(CCC/C=C\CCCCCCCC)CC(=O)NC(CO)C(O)CCCCCCCCCCC. The van der Waals surface area contributed by atoms with E-state index in [1.165, 1.54) is 148 Å². The first-order valence-electron chi connectivity index (χ1n) is 25.2. The maximum atomic E-state index is 13.1. The number of carbonyl (C=O) groups is 2. The minimum atomic E-state index is -0.791. The van der Waals surface area contributed by atoms with Crippen molar-refractivity contribution in [1.29, 1.82) is 0 Å². The number of ether oxygens (including phenoxy) is 1. The lowest BCUT2D eigenvalue weighted by Gasteiger charge is -2.24. The Bertz CT molecular complexity index is 961. The van der Waals surface area contributed by atoms with Gasteiger partial charge in [-0.05, 0) is 77.0 Å². The van der Waals surface area contributed by atoms with Crippen LogP contribution in [0.4, 0.5) is 0 Å². The molecule has 0 rings (SSSR count). The molecule has 3 N–H and O–H groups in total. The summed E-state index contributed by atoms with van der Waals surface area (Å²) in [6.07, 6.45) is 53.6. The van der Waals surface area contributed by atoms with Crippen molar-refractivity contribution in [2.45, 2.75) is 277 Å². The molecule has 0 bridgehead atoms. The van der Waals surface area contributed by atoms with E-state index in [2.05, 4.69) is 62.5 Å². The number of unbranched alkanes of at least 4 members (excludes halogenated alkanes) is 27. The van der Waals surface area contributed by atoms with Crippen molar-refractivity contribution < 1.29 is 24.5 Å². The van der Waals surface area contributed by atoms with Gasteiger partial charge in [-0.25, -0.2) is 0 Å². The topological polar surface area (TPSA) is 95.9 Å². The maximum Gasteiger partial charge on any atom is 0.306 e. The number of aliphatic hydroxyl groups excluding tert-OH is 2. The average molecular weight is 816 g/mol. The lowest BCUT2D eigenvalue weighted by molar-refractivity contribution is -0.151. The van der Waals surface area contributed by atoms with E-state index in [1.807, 2.05) is 0 Å². The summed E-state index contributed by atoms with van der Waals surface area (Å²) in [4.78, 5) is 26.0. The second kappa shape index (κ2) is 46.2. The number of hydrogen-bond donors (Lipinski definition) is 3. The predicted molar refractivity (Wildman–Crippen MR) is 250 cm³/mol. The van der Waals surface area contributed by atoms with Gasteiger partial charge in [-0.3, -0.25) is 9.59 Å². The van der Waals surface area contributed by atoms with E-state index < -0.39 is 18.2 Å². The van der Waals surface area contributed by atoms with Gasteiger partial charge < -0.3 is 20.3 Å². The lowest BCUT2D eigenvalue weighted by Crippen LogP contribution is -2.46.